The van der Waals surface area contributed by atoms with Crippen LogP contribution in [0.2, 0.25) is 0 Å². The summed E-state index contributed by atoms with van der Waals surface area (Å²) in [6.45, 7) is 1.88. The van der Waals surface area contributed by atoms with Crippen LogP contribution in [0.4, 0.5) is 0 Å². The Morgan fingerprint density at radius 2 is 2.30 bits per heavy atom. The second kappa shape index (κ2) is 2.21. The van der Waals surface area contributed by atoms with Gasteiger partial charge in [-0.1, -0.05) is 6.92 Å². The molecule has 1 aliphatic heterocycles. The Morgan fingerprint density at radius 1 is 1.70 bits per heavy atom. The highest BCUT2D eigenvalue weighted by atomic mass is 16.6. The third-order valence-corrected chi connectivity index (χ3v) is 1.77. The molecule has 1 atom stereocenters. The lowest BCUT2D eigenvalue weighted by Gasteiger charge is -2.30. The van der Waals surface area contributed by atoms with Gasteiger partial charge in [-0.2, -0.15) is 0 Å². The van der Waals surface area contributed by atoms with Gasteiger partial charge in [-0.15, -0.1) is 0 Å². The highest BCUT2D eigenvalue weighted by molar-refractivity contribution is 5.78. The quantitative estimate of drug-likeness (QED) is 0.348. The van der Waals surface area contributed by atoms with E-state index in [2.05, 4.69) is 4.74 Å². The summed E-state index contributed by atoms with van der Waals surface area (Å²) >= 11 is 0. The van der Waals surface area contributed by atoms with Crippen LogP contribution in [0.1, 0.15) is 13.3 Å². The fraction of sp³-hybridized carbons (Fsp3) is 0.833. The normalized spacial score (nSPS) is 31.5. The molecule has 0 spiro atoms. The zero-order chi connectivity index (χ0) is 7.78. The van der Waals surface area contributed by atoms with E-state index in [4.69, 9.17) is 10.2 Å². The van der Waals surface area contributed by atoms with Crippen LogP contribution < -0.4 is 0 Å². The maximum atomic E-state index is 10.6. The molecule has 2 N–H and O–H groups in total. The fourth-order valence-corrected chi connectivity index (χ4v) is 0.837. The van der Waals surface area contributed by atoms with Crippen molar-refractivity contribution in [3.63, 3.8) is 0 Å². The van der Waals surface area contributed by atoms with Gasteiger partial charge in [0.15, 0.2) is 0 Å². The molecule has 0 aromatic heterocycles. The first-order valence-corrected chi connectivity index (χ1v) is 3.17. The zero-order valence-electron chi connectivity index (χ0n) is 5.70. The Hall–Kier alpha value is -0.610. The lowest BCUT2D eigenvalue weighted by atomic mass is 9.96. The van der Waals surface area contributed by atoms with Crippen molar-refractivity contribution in [2.24, 2.45) is 5.92 Å². The maximum Gasteiger partial charge on any atom is 0.366 e. The Kier molecular flexibility index (Phi) is 1.66. The monoisotopic (exact) mass is 146 g/mol. The average molecular weight is 146 g/mol. The van der Waals surface area contributed by atoms with Gasteiger partial charge < -0.3 is 14.9 Å². The Balaban J connectivity index is 2.73. The summed E-state index contributed by atoms with van der Waals surface area (Å²) in [5.41, 5.74) is 0. The standard InChI is InChI=1S/C6H10O4/c1-4-2-3-10-5(7)6(4,8)9/h4,8-9H,2-3H2,1H3. The van der Waals surface area contributed by atoms with Crippen molar-refractivity contribution in [1.82, 2.24) is 0 Å². The van der Waals surface area contributed by atoms with Crippen molar-refractivity contribution < 1.29 is 19.7 Å². The van der Waals surface area contributed by atoms with Gasteiger partial charge in [0.1, 0.15) is 0 Å². The molecule has 1 unspecified atom stereocenters. The van der Waals surface area contributed by atoms with E-state index in [1.165, 1.54) is 0 Å². The van der Waals surface area contributed by atoms with Crippen molar-refractivity contribution in [3.05, 3.63) is 0 Å². The van der Waals surface area contributed by atoms with E-state index in [9.17, 15) is 4.79 Å². The van der Waals surface area contributed by atoms with Crippen molar-refractivity contribution >= 4 is 5.97 Å². The summed E-state index contributed by atoms with van der Waals surface area (Å²) in [5, 5.41) is 18.0. The summed E-state index contributed by atoms with van der Waals surface area (Å²) in [6, 6.07) is 0. The fourth-order valence-electron chi connectivity index (χ4n) is 0.837. The van der Waals surface area contributed by atoms with Crippen LogP contribution in [0.5, 0.6) is 0 Å². The molecule has 10 heavy (non-hydrogen) atoms. The first-order chi connectivity index (χ1) is 4.55. The van der Waals surface area contributed by atoms with Gasteiger partial charge in [0.2, 0.25) is 0 Å². The molecule has 1 aliphatic rings. The van der Waals surface area contributed by atoms with Crippen molar-refractivity contribution in [1.29, 1.82) is 0 Å². The number of rotatable bonds is 0. The molecule has 1 heterocycles. The first-order valence-electron chi connectivity index (χ1n) is 3.17. The Labute approximate surface area is 58.4 Å². The van der Waals surface area contributed by atoms with Crippen LogP contribution in [-0.2, 0) is 9.53 Å². The average Bonchev–Trinajstić information content (AvgIpc) is 1.84. The van der Waals surface area contributed by atoms with Crippen molar-refractivity contribution in [2.45, 2.75) is 19.1 Å². The minimum absolute atomic E-state index is 0.281. The summed E-state index contributed by atoms with van der Waals surface area (Å²) in [5.74, 6) is -3.64. The van der Waals surface area contributed by atoms with E-state index < -0.39 is 17.7 Å². The second-order valence-corrected chi connectivity index (χ2v) is 2.55. The van der Waals surface area contributed by atoms with Crippen molar-refractivity contribution in [3.8, 4) is 0 Å². The van der Waals surface area contributed by atoms with E-state index in [1.807, 2.05) is 0 Å². The number of carbonyl (C=O) groups is 1. The first kappa shape index (κ1) is 7.50. The van der Waals surface area contributed by atoms with E-state index in [0.29, 0.717) is 6.42 Å². The molecule has 4 heteroatoms. The third kappa shape index (κ3) is 0.998. The Bertz CT molecular complexity index is 152. The number of cyclic esters (lactones) is 1. The number of aliphatic hydroxyl groups is 2. The van der Waals surface area contributed by atoms with Crippen LogP contribution in [0, 0.1) is 5.92 Å². The summed E-state index contributed by atoms with van der Waals surface area (Å²) in [4.78, 5) is 10.6. The molecule has 4 nitrogen and oxygen atoms in total. The SMILES string of the molecule is CC1CCOC(=O)C1(O)O. The molecule has 1 saturated heterocycles. The van der Waals surface area contributed by atoms with Crippen molar-refractivity contribution in [2.75, 3.05) is 6.61 Å². The van der Waals surface area contributed by atoms with E-state index in [0.717, 1.165) is 0 Å². The van der Waals surface area contributed by atoms with E-state index in [-0.39, 0.29) is 6.61 Å². The minimum atomic E-state index is -2.27. The highest BCUT2D eigenvalue weighted by Crippen LogP contribution is 2.23. The smallest absolute Gasteiger partial charge is 0.366 e. The summed E-state index contributed by atoms with van der Waals surface area (Å²) in [6.07, 6.45) is 0.499. The molecule has 0 amide bonds. The minimum Gasteiger partial charge on any atom is -0.462 e. The van der Waals surface area contributed by atoms with Gasteiger partial charge in [-0.25, -0.2) is 4.79 Å². The van der Waals surface area contributed by atoms with Crippen LogP contribution in [0.3, 0.4) is 0 Å². The molecule has 0 aromatic carbocycles. The third-order valence-electron chi connectivity index (χ3n) is 1.77. The number of hydrogen-bond donors (Lipinski definition) is 2. The van der Waals surface area contributed by atoms with Gasteiger partial charge in [0.25, 0.3) is 5.79 Å². The molecule has 0 saturated carbocycles. The summed E-state index contributed by atoms with van der Waals surface area (Å²) < 4.78 is 4.42. The van der Waals surface area contributed by atoms with Crippen LogP contribution in [0.15, 0.2) is 0 Å². The zero-order valence-corrected chi connectivity index (χ0v) is 5.70. The lowest BCUT2D eigenvalue weighted by Crippen LogP contribution is -2.49. The number of ether oxygens (including phenoxy) is 1. The van der Waals surface area contributed by atoms with Gasteiger partial charge in [0.05, 0.1) is 6.61 Å². The maximum absolute atomic E-state index is 10.6. The molecular formula is C6H10O4. The Morgan fingerprint density at radius 3 is 2.70 bits per heavy atom. The highest BCUT2D eigenvalue weighted by Gasteiger charge is 2.44. The van der Waals surface area contributed by atoms with E-state index >= 15 is 0 Å². The van der Waals surface area contributed by atoms with Crippen LogP contribution in [-0.4, -0.2) is 28.6 Å². The summed E-state index contributed by atoms with van der Waals surface area (Å²) in [7, 11) is 0. The van der Waals surface area contributed by atoms with Gasteiger partial charge in [-0.3, -0.25) is 0 Å². The molecule has 0 bridgehead atoms. The van der Waals surface area contributed by atoms with Gasteiger partial charge in [0, 0.05) is 5.92 Å². The number of esters is 1. The molecule has 1 rings (SSSR count). The number of hydrogen-bond acceptors (Lipinski definition) is 4. The number of carbonyl (C=O) groups excluding carboxylic acids is 1. The van der Waals surface area contributed by atoms with Crippen LogP contribution >= 0.6 is 0 Å². The van der Waals surface area contributed by atoms with E-state index in [1.54, 1.807) is 6.92 Å². The molecule has 0 radical (unpaired) electrons. The molecule has 1 fully saturated rings. The largest absolute Gasteiger partial charge is 0.462 e. The molecular weight excluding hydrogens is 136 g/mol. The topological polar surface area (TPSA) is 66.8 Å². The van der Waals surface area contributed by atoms with Crippen LogP contribution in [0.25, 0.3) is 0 Å². The predicted octanol–water partition coefficient (Wildman–Crippen LogP) is -0.750. The predicted molar refractivity (Wildman–Crippen MR) is 31.9 cm³/mol. The second-order valence-electron chi connectivity index (χ2n) is 2.55. The molecule has 0 aromatic rings. The molecule has 0 aliphatic carbocycles. The van der Waals surface area contributed by atoms with Gasteiger partial charge >= 0.3 is 5.97 Å². The molecule has 58 valence electrons. The van der Waals surface area contributed by atoms with Gasteiger partial charge in [-0.05, 0) is 6.42 Å². The lowest BCUT2D eigenvalue weighted by molar-refractivity contribution is -0.239.